The van der Waals surface area contributed by atoms with Crippen LogP contribution in [0.4, 0.5) is 0 Å². The molecule has 0 saturated heterocycles. The monoisotopic (exact) mass is 151 g/mol. The second-order valence-electron chi connectivity index (χ2n) is 2.08. The molecule has 3 heteroatoms. The van der Waals surface area contributed by atoms with Gasteiger partial charge in [-0.2, -0.15) is 11.1 Å². The van der Waals surface area contributed by atoms with Gasteiger partial charge in [0.2, 0.25) is 8.27 Å². The number of halogens is 1. The quantitative estimate of drug-likeness (QED) is 0.476. The molecule has 0 aliphatic rings. The van der Waals surface area contributed by atoms with Gasteiger partial charge in [-0.3, -0.25) is 0 Å². The molecule has 50 valence electrons. The van der Waals surface area contributed by atoms with Gasteiger partial charge in [-0.25, -0.2) is 0 Å². The molecule has 0 saturated carbocycles. The Labute approximate surface area is 57.8 Å². The smallest absolute Gasteiger partial charge is 0.213 e. The van der Waals surface area contributed by atoms with Gasteiger partial charge < -0.3 is 4.98 Å². The van der Waals surface area contributed by atoms with E-state index in [-0.39, 0.29) is 0 Å². The second kappa shape index (κ2) is 4.36. The molecule has 1 nitrogen and oxygen atoms in total. The summed E-state index contributed by atoms with van der Waals surface area (Å²) in [6.07, 6.45) is 1.20. The van der Waals surface area contributed by atoms with Crippen LogP contribution in [0.2, 0.25) is 5.54 Å². The van der Waals surface area contributed by atoms with Crippen molar-refractivity contribution in [3.63, 3.8) is 0 Å². The zero-order valence-corrected chi connectivity index (χ0v) is 7.65. The number of hydrogen-bond acceptors (Lipinski definition) is 1. The summed E-state index contributed by atoms with van der Waals surface area (Å²) in [4.78, 5) is 3.12. The Morgan fingerprint density at radius 3 is 2.38 bits per heavy atom. The fraction of sp³-hybridized carbons (Fsp3) is 1.00. The van der Waals surface area contributed by atoms with E-state index in [0.717, 1.165) is 0 Å². The number of rotatable bonds is 3. The zero-order valence-electron chi connectivity index (χ0n) is 5.74. The highest BCUT2D eigenvalue weighted by Crippen LogP contribution is 2.12. The highest BCUT2D eigenvalue weighted by Gasteiger charge is 2.10. The molecule has 0 heterocycles. The van der Waals surface area contributed by atoms with E-state index in [1.165, 1.54) is 6.42 Å². The van der Waals surface area contributed by atoms with E-state index in [1.807, 2.05) is 7.05 Å². The molecule has 0 aliphatic heterocycles. The van der Waals surface area contributed by atoms with Crippen molar-refractivity contribution in [2.75, 3.05) is 7.05 Å². The Balaban J connectivity index is 3.29. The van der Waals surface area contributed by atoms with E-state index in [1.54, 1.807) is 0 Å². The molecule has 0 rings (SSSR count). The van der Waals surface area contributed by atoms with Gasteiger partial charge in [0.15, 0.2) is 0 Å². The first kappa shape index (κ1) is 8.47. The third kappa shape index (κ3) is 2.70. The molecule has 8 heavy (non-hydrogen) atoms. The van der Waals surface area contributed by atoms with Crippen molar-refractivity contribution in [1.29, 1.82) is 0 Å². The average molecular weight is 152 g/mol. The molecule has 0 fully saturated rings. The minimum absolute atomic E-state index is 0.710. The van der Waals surface area contributed by atoms with E-state index in [0.29, 0.717) is 5.54 Å². The normalized spacial score (nSPS) is 18.0. The zero-order chi connectivity index (χ0) is 6.57. The van der Waals surface area contributed by atoms with Crippen molar-refractivity contribution in [1.82, 2.24) is 4.98 Å². The lowest BCUT2D eigenvalue weighted by molar-refractivity contribution is 0.849. The summed E-state index contributed by atoms with van der Waals surface area (Å²) in [7, 11) is 0.887. The van der Waals surface area contributed by atoms with Gasteiger partial charge in [-0.05, 0) is 12.6 Å². The average Bonchev–Trinajstić information content (AvgIpc) is 1.84. The summed E-state index contributed by atoms with van der Waals surface area (Å²) in [5.74, 6) is 0. The summed E-state index contributed by atoms with van der Waals surface area (Å²) in [5, 5.41) is 0. The van der Waals surface area contributed by atoms with Gasteiger partial charge in [0, 0.05) is 0 Å². The molecule has 0 radical (unpaired) electrons. The molecule has 0 amide bonds. The molecule has 0 bridgehead atoms. The van der Waals surface area contributed by atoms with Crippen LogP contribution in [-0.2, 0) is 0 Å². The minimum atomic E-state index is -1.05. The van der Waals surface area contributed by atoms with E-state index < -0.39 is 8.27 Å². The Kier molecular flexibility index (Phi) is 4.61. The van der Waals surface area contributed by atoms with Gasteiger partial charge >= 0.3 is 0 Å². The van der Waals surface area contributed by atoms with Crippen molar-refractivity contribution in [3.05, 3.63) is 0 Å². The number of nitrogens with one attached hydrogen (secondary N) is 1. The second-order valence-corrected chi connectivity index (χ2v) is 6.01. The van der Waals surface area contributed by atoms with E-state index >= 15 is 0 Å². The van der Waals surface area contributed by atoms with Crippen molar-refractivity contribution >= 4 is 19.3 Å². The highest BCUT2D eigenvalue weighted by atomic mass is 35.6. The summed E-state index contributed by atoms with van der Waals surface area (Å²) < 4.78 is 0. The Bertz CT molecular complexity index is 52.4. The van der Waals surface area contributed by atoms with Crippen molar-refractivity contribution in [2.45, 2.75) is 25.8 Å². The van der Waals surface area contributed by atoms with Crippen LogP contribution >= 0.6 is 11.1 Å². The SMILES string of the molecule is CCC(C)[SiH](Cl)NC. The van der Waals surface area contributed by atoms with Crippen LogP contribution in [0, 0.1) is 0 Å². The number of hydrogen-bond donors (Lipinski definition) is 1. The predicted molar refractivity (Wildman–Crippen MR) is 41.8 cm³/mol. The van der Waals surface area contributed by atoms with E-state index in [4.69, 9.17) is 11.1 Å². The molecular weight excluding hydrogens is 138 g/mol. The molecule has 0 spiro atoms. The van der Waals surface area contributed by atoms with Crippen molar-refractivity contribution in [2.24, 2.45) is 0 Å². The fourth-order valence-electron chi connectivity index (χ4n) is 0.491. The largest absolute Gasteiger partial charge is 0.330 e. The van der Waals surface area contributed by atoms with Crippen LogP contribution in [0.25, 0.3) is 0 Å². The first-order valence-electron chi connectivity index (χ1n) is 3.03. The Morgan fingerprint density at radius 2 is 2.25 bits per heavy atom. The molecule has 0 aromatic carbocycles. The van der Waals surface area contributed by atoms with Crippen LogP contribution in [0.1, 0.15) is 20.3 Å². The van der Waals surface area contributed by atoms with Gasteiger partial charge in [-0.15, -0.1) is 0 Å². The van der Waals surface area contributed by atoms with Crippen LogP contribution in [-0.4, -0.2) is 15.3 Å². The summed E-state index contributed by atoms with van der Waals surface area (Å²) >= 11 is 5.94. The van der Waals surface area contributed by atoms with Crippen molar-refractivity contribution in [3.8, 4) is 0 Å². The lowest BCUT2D eigenvalue weighted by Crippen LogP contribution is -2.27. The maximum atomic E-state index is 5.94. The summed E-state index contributed by atoms with van der Waals surface area (Å²) in [6.45, 7) is 4.37. The Morgan fingerprint density at radius 1 is 1.75 bits per heavy atom. The van der Waals surface area contributed by atoms with E-state index in [9.17, 15) is 0 Å². The lowest BCUT2D eigenvalue weighted by atomic mass is 10.4. The maximum absolute atomic E-state index is 5.94. The summed E-state index contributed by atoms with van der Waals surface area (Å²) in [6, 6.07) is 0. The topological polar surface area (TPSA) is 12.0 Å². The minimum Gasteiger partial charge on any atom is -0.330 e. The van der Waals surface area contributed by atoms with Gasteiger partial charge in [0.1, 0.15) is 0 Å². The molecule has 2 unspecified atom stereocenters. The van der Waals surface area contributed by atoms with Crippen molar-refractivity contribution < 1.29 is 0 Å². The van der Waals surface area contributed by atoms with Crippen LogP contribution in [0.15, 0.2) is 0 Å². The third-order valence-electron chi connectivity index (χ3n) is 1.42. The molecule has 0 aliphatic carbocycles. The van der Waals surface area contributed by atoms with Crippen LogP contribution in [0.5, 0.6) is 0 Å². The molecule has 0 aromatic heterocycles. The molecule has 2 atom stereocenters. The standard InChI is InChI=1S/C5H14ClNSi/c1-4-5(2)8(6)7-3/h5,7-8H,4H2,1-3H3. The van der Waals surface area contributed by atoms with E-state index in [2.05, 4.69) is 18.8 Å². The maximum Gasteiger partial charge on any atom is 0.213 e. The first-order chi connectivity index (χ1) is 3.72. The molecule has 1 N–H and O–H groups in total. The van der Waals surface area contributed by atoms with Crippen LogP contribution in [0.3, 0.4) is 0 Å². The highest BCUT2D eigenvalue weighted by molar-refractivity contribution is 7.06. The van der Waals surface area contributed by atoms with Gasteiger partial charge in [0.25, 0.3) is 0 Å². The first-order valence-corrected chi connectivity index (χ1v) is 6.02. The Hall–Kier alpha value is 0.467. The van der Waals surface area contributed by atoms with Gasteiger partial charge in [0.05, 0.1) is 0 Å². The van der Waals surface area contributed by atoms with Gasteiger partial charge in [-0.1, -0.05) is 20.3 Å². The lowest BCUT2D eigenvalue weighted by Gasteiger charge is -2.11. The fourth-order valence-corrected chi connectivity index (χ4v) is 2.01. The van der Waals surface area contributed by atoms with Crippen LogP contribution < -0.4 is 4.98 Å². The summed E-state index contributed by atoms with van der Waals surface area (Å²) in [5.41, 5.74) is 0.710. The predicted octanol–water partition coefficient (Wildman–Crippen LogP) is 1.47. The molecular formula is C5H14ClNSi. The third-order valence-corrected chi connectivity index (χ3v) is 5.39. The molecule has 0 aromatic rings.